The van der Waals surface area contributed by atoms with Crippen LogP contribution >= 0.6 is 0 Å². The molecule has 0 unspecified atom stereocenters. The Balaban J connectivity index is 2.23. The number of benzene rings is 2. The molecule has 0 aliphatic heterocycles. The summed E-state index contributed by atoms with van der Waals surface area (Å²) in [5.74, 6) is 0.0387. The number of hydrogen-bond donors (Lipinski definition) is 1. The molecule has 0 atom stereocenters. The quantitative estimate of drug-likeness (QED) is 0.653. The predicted octanol–water partition coefficient (Wildman–Crippen LogP) is 4.15. The minimum atomic E-state index is 0.0387. The van der Waals surface area contributed by atoms with E-state index in [1.54, 1.807) is 0 Å². The van der Waals surface area contributed by atoms with Gasteiger partial charge in [-0.05, 0) is 37.0 Å². The molecule has 0 aliphatic carbocycles. The molecule has 0 amide bonds. The number of unbranched alkanes of at least 4 members (excludes halogenated alkanes) is 1. The van der Waals surface area contributed by atoms with Crippen molar-refractivity contribution in [3.05, 3.63) is 64.7 Å². The van der Waals surface area contributed by atoms with Crippen molar-refractivity contribution < 1.29 is 4.79 Å². The van der Waals surface area contributed by atoms with Crippen LogP contribution in [0.2, 0.25) is 0 Å². The van der Waals surface area contributed by atoms with Crippen LogP contribution in [0, 0.1) is 6.92 Å². The zero-order valence-corrected chi connectivity index (χ0v) is 12.1. The van der Waals surface area contributed by atoms with Gasteiger partial charge in [-0.3, -0.25) is 4.79 Å². The molecule has 104 valence electrons. The second-order valence-corrected chi connectivity index (χ2v) is 5.15. The fraction of sp³-hybridized carbons (Fsp3) is 0.278. The number of carbonyl (C=O) groups excluding carboxylic acids is 1. The highest BCUT2D eigenvalue weighted by molar-refractivity contribution is 6.10. The summed E-state index contributed by atoms with van der Waals surface area (Å²) in [4.78, 5) is 12.5. The number of aryl methyl sites for hydroxylation is 1. The van der Waals surface area contributed by atoms with E-state index in [1.807, 2.05) is 49.4 Å². The number of ketones is 1. The lowest BCUT2D eigenvalue weighted by Gasteiger charge is -2.08. The summed E-state index contributed by atoms with van der Waals surface area (Å²) < 4.78 is 0. The van der Waals surface area contributed by atoms with Crippen LogP contribution in [0.4, 0.5) is 5.69 Å². The Labute approximate surface area is 120 Å². The van der Waals surface area contributed by atoms with Gasteiger partial charge in [0.15, 0.2) is 5.78 Å². The Bertz CT molecular complexity index is 599. The van der Waals surface area contributed by atoms with Crippen molar-refractivity contribution >= 4 is 11.5 Å². The summed E-state index contributed by atoms with van der Waals surface area (Å²) in [5.41, 5.74) is 10.1. The van der Waals surface area contributed by atoms with Crippen LogP contribution in [-0.4, -0.2) is 5.78 Å². The van der Waals surface area contributed by atoms with Gasteiger partial charge >= 0.3 is 0 Å². The monoisotopic (exact) mass is 267 g/mol. The minimum Gasteiger partial charge on any atom is -0.398 e. The molecule has 20 heavy (non-hydrogen) atoms. The van der Waals surface area contributed by atoms with Crippen molar-refractivity contribution in [1.82, 2.24) is 0 Å². The van der Waals surface area contributed by atoms with Crippen molar-refractivity contribution in [2.45, 2.75) is 33.1 Å². The van der Waals surface area contributed by atoms with Crippen molar-refractivity contribution in [3.8, 4) is 0 Å². The van der Waals surface area contributed by atoms with Gasteiger partial charge in [-0.2, -0.15) is 0 Å². The van der Waals surface area contributed by atoms with E-state index in [4.69, 9.17) is 5.73 Å². The number of anilines is 1. The summed E-state index contributed by atoms with van der Waals surface area (Å²) in [5, 5.41) is 0. The standard InChI is InChI=1S/C18H21NO/c1-3-4-6-14-9-11-15(12-10-14)18(20)16-7-5-8-17(19)13(16)2/h5,7-12H,3-4,6,19H2,1-2H3. The lowest BCUT2D eigenvalue weighted by atomic mass is 9.97. The molecule has 2 aromatic carbocycles. The van der Waals surface area contributed by atoms with Crippen LogP contribution in [0.3, 0.4) is 0 Å². The average Bonchev–Trinajstić information content (AvgIpc) is 2.48. The number of nitrogens with two attached hydrogens (primary N) is 1. The number of nitrogen functional groups attached to an aromatic ring is 1. The Hall–Kier alpha value is -2.09. The zero-order chi connectivity index (χ0) is 14.5. The van der Waals surface area contributed by atoms with E-state index in [2.05, 4.69) is 6.92 Å². The highest BCUT2D eigenvalue weighted by Gasteiger charge is 2.12. The smallest absolute Gasteiger partial charge is 0.193 e. The van der Waals surface area contributed by atoms with Crippen LogP contribution in [0.1, 0.15) is 46.8 Å². The van der Waals surface area contributed by atoms with Gasteiger partial charge in [-0.25, -0.2) is 0 Å². The molecular weight excluding hydrogens is 246 g/mol. The number of rotatable bonds is 5. The van der Waals surface area contributed by atoms with E-state index < -0.39 is 0 Å². The summed E-state index contributed by atoms with van der Waals surface area (Å²) in [6.07, 6.45) is 3.44. The first-order valence-corrected chi connectivity index (χ1v) is 7.12. The van der Waals surface area contributed by atoms with Crippen LogP contribution in [-0.2, 0) is 6.42 Å². The largest absolute Gasteiger partial charge is 0.398 e. The van der Waals surface area contributed by atoms with Crippen LogP contribution in [0.15, 0.2) is 42.5 Å². The molecule has 0 bridgehead atoms. The van der Waals surface area contributed by atoms with Gasteiger partial charge in [0.25, 0.3) is 0 Å². The SMILES string of the molecule is CCCCc1ccc(C(=O)c2cccc(N)c2C)cc1. The third-order valence-corrected chi connectivity index (χ3v) is 3.66. The number of hydrogen-bond acceptors (Lipinski definition) is 2. The molecule has 2 aromatic rings. The van der Waals surface area contributed by atoms with Gasteiger partial charge in [-0.15, -0.1) is 0 Å². The topological polar surface area (TPSA) is 43.1 Å². The predicted molar refractivity (Wildman–Crippen MR) is 84.1 cm³/mol. The maximum atomic E-state index is 12.5. The Morgan fingerprint density at radius 1 is 1.10 bits per heavy atom. The van der Waals surface area contributed by atoms with E-state index >= 15 is 0 Å². The second kappa shape index (κ2) is 6.38. The van der Waals surface area contributed by atoms with Crippen LogP contribution in [0.5, 0.6) is 0 Å². The van der Waals surface area contributed by atoms with Gasteiger partial charge in [0, 0.05) is 16.8 Å². The van der Waals surface area contributed by atoms with Gasteiger partial charge in [0.2, 0.25) is 0 Å². The molecule has 2 N–H and O–H groups in total. The normalized spacial score (nSPS) is 10.5. The summed E-state index contributed by atoms with van der Waals surface area (Å²) >= 11 is 0. The van der Waals surface area contributed by atoms with E-state index in [1.165, 1.54) is 18.4 Å². The molecule has 2 heteroatoms. The van der Waals surface area contributed by atoms with E-state index in [-0.39, 0.29) is 5.78 Å². The first kappa shape index (κ1) is 14.3. The summed E-state index contributed by atoms with van der Waals surface area (Å²) in [6, 6.07) is 13.4. The number of carbonyl (C=O) groups is 1. The molecule has 0 spiro atoms. The Morgan fingerprint density at radius 3 is 2.45 bits per heavy atom. The maximum Gasteiger partial charge on any atom is 0.193 e. The van der Waals surface area contributed by atoms with Gasteiger partial charge in [0.1, 0.15) is 0 Å². The zero-order valence-electron chi connectivity index (χ0n) is 12.1. The lowest BCUT2D eigenvalue weighted by molar-refractivity contribution is 0.103. The van der Waals surface area contributed by atoms with Gasteiger partial charge in [-0.1, -0.05) is 49.7 Å². The molecule has 0 aromatic heterocycles. The van der Waals surface area contributed by atoms with E-state index in [0.29, 0.717) is 11.3 Å². The molecule has 0 saturated carbocycles. The fourth-order valence-electron chi connectivity index (χ4n) is 2.26. The lowest BCUT2D eigenvalue weighted by Crippen LogP contribution is -2.05. The molecule has 0 radical (unpaired) electrons. The summed E-state index contributed by atoms with van der Waals surface area (Å²) in [7, 11) is 0. The molecule has 2 nitrogen and oxygen atoms in total. The molecule has 0 saturated heterocycles. The first-order chi connectivity index (χ1) is 9.63. The molecule has 0 aliphatic rings. The molecular formula is C18H21NO. The highest BCUT2D eigenvalue weighted by Crippen LogP contribution is 2.19. The second-order valence-electron chi connectivity index (χ2n) is 5.15. The van der Waals surface area contributed by atoms with Crippen molar-refractivity contribution in [2.75, 3.05) is 5.73 Å². The third-order valence-electron chi connectivity index (χ3n) is 3.66. The van der Waals surface area contributed by atoms with Crippen molar-refractivity contribution in [1.29, 1.82) is 0 Å². The van der Waals surface area contributed by atoms with Crippen LogP contribution in [0.25, 0.3) is 0 Å². The maximum absolute atomic E-state index is 12.5. The van der Waals surface area contributed by atoms with E-state index in [9.17, 15) is 4.79 Å². The van der Waals surface area contributed by atoms with Crippen molar-refractivity contribution in [3.63, 3.8) is 0 Å². The Kier molecular flexibility index (Phi) is 4.57. The van der Waals surface area contributed by atoms with Crippen molar-refractivity contribution in [2.24, 2.45) is 0 Å². The highest BCUT2D eigenvalue weighted by atomic mass is 16.1. The fourth-order valence-corrected chi connectivity index (χ4v) is 2.26. The minimum absolute atomic E-state index is 0.0387. The molecule has 2 rings (SSSR count). The van der Waals surface area contributed by atoms with E-state index in [0.717, 1.165) is 17.5 Å². The van der Waals surface area contributed by atoms with Gasteiger partial charge in [0.05, 0.1) is 0 Å². The summed E-state index contributed by atoms with van der Waals surface area (Å²) in [6.45, 7) is 4.07. The molecule has 0 heterocycles. The Morgan fingerprint density at radius 2 is 1.80 bits per heavy atom. The van der Waals surface area contributed by atoms with Crippen LogP contribution < -0.4 is 5.73 Å². The van der Waals surface area contributed by atoms with Gasteiger partial charge < -0.3 is 5.73 Å². The third kappa shape index (κ3) is 3.08. The molecule has 0 fully saturated rings. The average molecular weight is 267 g/mol. The first-order valence-electron chi connectivity index (χ1n) is 7.12.